The van der Waals surface area contributed by atoms with Crippen LogP contribution >= 0.6 is 21.6 Å². The number of rotatable bonds is 17. The fourth-order valence-corrected chi connectivity index (χ4v) is 10.9. The highest BCUT2D eigenvalue weighted by atomic mass is 33.1. The van der Waals surface area contributed by atoms with E-state index in [4.69, 9.17) is 17.2 Å². The first kappa shape index (κ1) is 62.8. The summed E-state index contributed by atoms with van der Waals surface area (Å²) in [5.41, 5.74) is 16.9. The van der Waals surface area contributed by atoms with Gasteiger partial charge in [-0.15, -0.1) is 5.10 Å². The van der Waals surface area contributed by atoms with Crippen LogP contribution in [0.2, 0.25) is 0 Å². The fourth-order valence-electron chi connectivity index (χ4n) is 8.25. The molecular formula is C46H71N13O14S2. The Morgan fingerprint density at radius 1 is 0.813 bits per heavy atom. The van der Waals surface area contributed by atoms with Crippen molar-refractivity contribution in [3.05, 3.63) is 11.9 Å². The molecule has 1 unspecified atom stereocenters. The van der Waals surface area contributed by atoms with Gasteiger partial charge in [0.2, 0.25) is 35.4 Å². The number of aliphatic imine (C=N–C) groups is 1. The Hall–Kier alpha value is -6.49. The first-order valence-corrected chi connectivity index (χ1v) is 27.1. The summed E-state index contributed by atoms with van der Waals surface area (Å²) in [6.45, 7) is 4.00. The zero-order valence-electron chi connectivity index (χ0n) is 42.3. The Bertz CT molecular complexity index is 2260. The Labute approximate surface area is 441 Å². The summed E-state index contributed by atoms with van der Waals surface area (Å²) in [7, 11) is 1.86. The van der Waals surface area contributed by atoms with E-state index in [0.29, 0.717) is 19.3 Å². The van der Waals surface area contributed by atoms with Gasteiger partial charge in [0.25, 0.3) is 0 Å². The van der Waals surface area contributed by atoms with Crippen molar-refractivity contribution in [3.8, 4) is 0 Å². The van der Waals surface area contributed by atoms with Crippen LogP contribution < -0.4 is 49.1 Å². The molecule has 0 radical (unpaired) electrons. The second-order valence-corrected chi connectivity index (χ2v) is 21.3. The number of hydrogen-bond acceptors (Lipinski definition) is 18. The van der Waals surface area contributed by atoms with E-state index in [1.165, 1.54) is 11.6 Å². The van der Waals surface area contributed by atoms with E-state index in [-0.39, 0.29) is 94.4 Å². The van der Waals surface area contributed by atoms with Crippen molar-refractivity contribution in [2.24, 2.45) is 39.9 Å². The summed E-state index contributed by atoms with van der Waals surface area (Å²) in [5, 5.41) is 41.3. The molecule has 3 rings (SSSR count). The van der Waals surface area contributed by atoms with Crippen molar-refractivity contribution in [3.63, 3.8) is 0 Å². The first-order chi connectivity index (χ1) is 35.5. The van der Waals surface area contributed by atoms with Gasteiger partial charge in [-0.05, 0) is 72.3 Å². The number of fused-ring (bicyclic) bond motifs is 1. The molecule has 6 amide bonds. The van der Waals surface area contributed by atoms with Gasteiger partial charge in [-0.25, -0.2) is 4.68 Å². The van der Waals surface area contributed by atoms with Gasteiger partial charge in [-0.3, -0.25) is 62.5 Å². The number of nitrogens with one attached hydrogen (secondary N) is 6. The largest absolute Gasteiger partial charge is 0.481 e. The molecular weight excluding hydrogens is 1020 g/mol. The van der Waals surface area contributed by atoms with Crippen LogP contribution in [0.5, 0.6) is 0 Å². The Kier molecular flexibility index (Phi) is 26.8. The van der Waals surface area contributed by atoms with Crippen molar-refractivity contribution in [2.45, 2.75) is 146 Å². The molecule has 14 N–H and O–H groups in total. The van der Waals surface area contributed by atoms with Gasteiger partial charge in [0.1, 0.15) is 35.5 Å². The molecule has 1 saturated carbocycles. The van der Waals surface area contributed by atoms with Crippen LogP contribution in [-0.4, -0.2) is 163 Å². The first-order valence-electron chi connectivity index (χ1n) is 24.7. The molecule has 416 valence electrons. The smallest absolute Gasteiger partial charge is 0.305 e. The lowest BCUT2D eigenvalue weighted by atomic mass is 9.82. The molecule has 27 nitrogen and oxygen atoms in total. The minimum absolute atomic E-state index is 0.00155. The number of Topliss-reactive ketones (excluding diaryl/α,β-unsaturated/α-hetero) is 4. The molecule has 2 heterocycles. The van der Waals surface area contributed by atoms with Gasteiger partial charge in [0.15, 0.2) is 11.7 Å². The van der Waals surface area contributed by atoms with Crippen LogP contribution in [0, 0.1) is 17.8 Å². The third-order valence-corrected chi connectivity index (χ3v) is 15.1. The highest BCUT2D eigenvalue weighted by Crippen LogP contribution is 2.36. The Morgan fingerprint density at radius 3 is 2.09 bits per heavy atom. The van der Waals surface area contributed by atoms with Gasteiger partial charge >= 0.3 is 11.9 Å². The number of carboxylic acids is 2. The fraction of sp³-hybridized carbons (Fsp3) is 0.674. The quantitative estimate of drug-likeness (QED) is 0.0347. The van der Waals surface area contributed by atoms with Crippen LogP contribution in [0.25, 0.3) is 0 Å². The standard InChI is InChI=1S/C46H71N13O14S2/c1-24(2)59-22-27(57-58-59)18-38(64)54-33-23-74-75-37(25(3)60)20-51-42(70)26(17-40(66)67)16-36(63)29-9-6-8-28(29)34(61)12-13-35(62)30(10-4-5-14-47)55-44(72)32(19-41(68)69)53-39(65)21-52-43(71)31(56-45(33)73)11-7-15-50-46(48)49/h22,24,26,28-33,37H,4-21,23,47H2,1-3H3,(H,51,70)(H,52,71)(H,53,65)(H,54,64)(H,55,72)(H,56,73)(H,66,67)(H,68,69)(H4,48,49,50)/t26-,28?,29+,30-,31-,32-,33-,37+/m0/s1. The van der Waals surface area contributed by atoms with E-state index in [1.54, 1.807) is 6.20 Å². The molecule has 1 saturated heterocycles. The zero-order chi connectivity index (χ0) is 55.8. The third-order valence-electron chi connectivity index (χ3n) is 12.3. The molecule has 1 aliphatic heterocycles. The molecule has 1 aliphatic carbocycles. The van der Waals surface area contributed by atoms with E-state index in [2.05, 4.69) is 47.2 Å². The molecule has 0 aromatic carbocycles. The second-order valence-electron chi connectivity index (χ2n) is 18.6. The summed E-state index contributed by atoms with van der Waals surface area (Å²) in [5.74, 6) is -13.9. The van der Waals surface area contributed by atoms with Gasteiger partial charge in [0, 0.05) is 62.2 Å². The normalized spacial score (nSPS) is 24.7. The molecule has 75 heavy (non-hydrogen) atoms. The average Bonchev–Trinajstić information content (AvgIpc) is 4.03. The molecule has 1 aromatic rings. The number of hydrogen-bond donors (Lipinski definition) is 11. The molecule has 1 aromatic heterocycles. The number of nitrogens with two attached hydrogens (primary N) is 3. The number of guanidine groups is 1. The number of carbonyl (C=O) groups excluding carboxylic acids is 10. The van der Waals surface area contributed by atoms with E-state index < -0.39 is 143 Å². The Balaban J connectivity index is 2.03. The minimum atomic E-state index is -1.76. The lowest BCUT2D eigenvalue weighted by Crippen LogP contribution is -2.56. The SMILES string of the molecule is CC(=O)[C@H]1CNC(=O)[C@H](CC(=O)O)CC(=O)[C@@H]2CCCC2C(=O)CCC(=O)[C@H](CCCCN)NC(=O)[C@H](CC(=O)O)NC(=O)CNC(=O)[C@H](CCCN=C(N)N)NC(=O)[C@@H](NC(=O)Cc2cn(C(C)C)nn2)CSS1. The maximum absolute atomic E-state index is 14.1. The van der Waals surface area contributed by atoms with Crippen molar-refractivity contribution in [1.82, 2.24) is 46.9 Å². The lowest BCUT2D eigenvalue weighted by molar-refractivity contribution is -0.142. The van der Waals surface area contributed by atoms with E-state index in [1.807, 2.05) is 13.8 Å². The molecule has 2 aliphatic rings. The number of unbranched alkanes of at least 4 members (excludes halogenated alkanes) is 1. The highest BCUT2D eigenvalue weighted by Gasteiger charge is 2.40. The van der Waals surface area contributed by atoms with Crippen molar-refractivity contribution in [1.29, 1.82) is 0 Å². The summed E-state index contributed by atoms with van der Waals surface area (Å²) in [4.78, 5) is 164. The summed E-state index contributed by atoms with van der Waals surface area (Å²) in [6.07, 6.45) is 0.0369. The summed E-state index contributed by atoms with van der Waals surface area (Å²) in [6, 6.07) is -5.94. The van der Waals surface area contributed by atoms with Crippen LogP contribution in [0.1, 0.15) is 116 Å². The number of aromatic nitrogens is 3. The monoisotopic (exact) mass is 1090 g/mol. The number of carboxylic acid groups (broad SMARTS) is 2. The van der Waals surface area contributed by atoms with Crippen molar-refractivity contribution >= 4 is 98.1 Å². The second kappa shape index (κ2) is 32.1. The highest BCUT2D eigenvalue weighted by molar-refractivity contribution is 8.77. The van der Waals surface area contributed by atoms with Gasteiger partial charge in [0.05, 0.1) is 48.7 Å². The predicted octanol–water partition coefficient (Wildman–Crippen LogP) is -2.03. The number of ketones is 4. The van der Waals surface area contributed by atoms with Crippen LogP contribution in [0.4, 0.5) is 0 Å². The molecule has 0 spiro atoms. The van der Waals surface area contributed by atoms with Crippen molar-refractivity contribution in [2.75, 3.05) is 31.9 Å². The predicted molar refractivity (Wildman–Crippen MR) is 273 cm³/mol. The number of nitrogens with zero attached hydrogens (tertiary/aromatic N) is 4. The van der Waals surface area contributed by atoms with E-state index >= 15 is 0 Å². The summed E-state index contributed by atoms with van der Waals surface area (Å²) < 4.78 is 1.52. The van der Waals surface area contributed by atoms with Gasteiger partial charge in [-0.1, -0.05) is 33.2 Å². The maximum atomic E-state index is 14.1. The maximum Gasteiger partial charge on any atom is 0.305 e. The lowest BCUT2D eigenvalue weighted by Gasteiger charge is -2.24. The zero-order valence-corrected chi connectivity index (χ0v) is 44.0. The van der Waals surface area contributed by atoms with Gasteiger partial charge in [-0.2, -0.15) is 0 Å². The Morgan fingerprint density at radius 2 is 1.47 bits per heavy atom. The topological polar surface area (TPSA) is 439 Å². The molecule has 2 fully saturated rings. The van der Waals surface area contributed by atoms with Crippen LogP contribution in [0.3, 0.4) is 0 Å². The van der Waals surface area contributed by atoms with Crippen LogP contribution in [-0.2, 0) is 64.0 Å². The van der Waals surface area contributed by atoms with E-state index in [0.717, 1.165) is 21.6 Å². The third kappa shape index (κ3) is 22.5. The number of amides is 6. The van der Waals surface area contributed by atoms with Crippen LogP contribution in [0.15, 0.2) is 11.2 Å². The average molecular weight is 1090 g/mol. The van der Waals surface area contributed by atoms with Gasteiger partial charge < -0.3 is 59.3 Å². The molecule has 0 bridgehead atoms. The molecule has 8 atom stereocenters. The molecule has 29 heteroatoms. The van der Waals surface area contributed by atoms with Crippen molar-refractivity contribution < 1.29 is 67.7 Å². The minimum Gasteiger partial charge on any atom is -0.481 e. The number of aliphatic carboxylic acids is 2. The number of carbonyl (C=O) groups is 12. The summed E-state index contributed by atoms with van der Waals surface area (Å²) >= 11 is 0. The van der Waals surface area contributed by atoms with E-state index in [9.17, 15) is 67.7 Å².